The van der Waals surface area contributed by atoms with Crippen LogP contribution in [0.3, 0.4) is 0 Å². The van der Waals surface area contributed by atoms with Crippen LogP contribution in [0.5, 0.6) is 0 Å². The molecular weight excluding hydrogens is 392 g/mol. The second kappa shape index (κ2) is 9.09. The number of hydrogen-bond donors (Lipinski definition) is 1. The molecule has 0 radical (unpaired) electrons. The summed E-state index contributed by atoms with van der Waals surface area (Å²) in [6, 6.07) is 23.5. The number of benzene rings is 3. The van der Waals surface area contributed by atoms with Crippen molar-refractivity contribution in [3.63, 3.8) is 0 Å². The second-order valence-corrected chi connectivity index (χ2v) is 6.94. The molecule has 0 bridgehead atoms. The topological polar surface area (TPSA) is 81.4 Å². The van der Waals surface area contributed by atoms with Gasteiger partial charge in [0.25, 0.3) is 5.91 Å². The van der Waals surface area contributed by atoms with E-state index in [0.29, 0.717) is 22.4 Å². The molecule has 1 heterocycles. The highest BCUT2D eigenvalue weighted by Crippen LogP contribution is 2.21. The highest BCUT2D eigenvalue weighted by Gasteiger charge is 2.24. The number of oxazole rings is 1. The van der Waals surface area contributed by atoms with Crippen molar-refractivity contribution in [2.24, 2.45) is 0 Å². The molecule has 31 heavy (non-hydrogen) atoms. The molecular formula is C25H20N2O4. The number of carbonyl (C=O) groups excluding carboxylic acids is 2. The number of hydrogen-bond acceptors (Lipinski definition) is 5. The Kier molecular flexibility index (Phi) is 5.89. The van der Waals surface area contributed by atoms with Crippen LogP contribution in [-0.2, 0) is 14.3 Å². The number of fused-ring (bicyclic) bond motifs is 1. The first-order chi connectivity index (χ1) is 15.1. The minimum atomic E-state index is -1.11. The highest BCUT2D eigenvalue weighted by molar-refractivity contribution is 5.97. The van der Waals surface area contributed by atoms with Crippen molar-refractivity contribution in [1.82, 2.24) is 4.98 Å². The molecule has 0 spiro atoms. The third-order valence-electron chi connectivity index (χ3n) is 4.57. The molecule has 4 rings (SSSR count). The van der Waals surface area contributed by atoms with E-state index in [2.05, 4.69) is 10.3 Å². The van der Waals surface area contributed by atoms with E-state index in [9.17, 15) is 9.59 Å². The van der Waals surface area contributed by atoms with E-state index in [-0.39, 0.29) is 5.89 Å². The number of aromatic nitrogens is 1. The summed E-state index contributed by atoms with van der Waals surface area (Å²) in [5.41, 5.74) is 3.57. The molecule has 1 N–H and O–H groups in total. The van der Waals surface area contributed by atoms with Gasteiger partial charge in [-0.25, -0.2) is 9.78 Å². The van der Waals surface area contributed by atoms with Crippen LogP contribution in [0.15, 0.2) is 89.4 Å². The molecule has 4 aromatic rings. The van der Waals surface area contributed by atoms with Crippen molar-refractivity contribution in [2.45, 2.75) is 13.0 Å². The van der Waals surface area contributed by atoms with Crippen LogP contribution >= 0.6 is 0 Å². The van der Waals surface area contributed by atoms with Gasteiger partial charge in [-0.2, -0.15) is 0 Å². The third-order valence-corrected chi connectivity index (χ3v) is 4.57. The Hall–Kier alpha value is -4.19. The van der Waals surface area contributed by atoms with Crippen molar-refractivity contribution in [3.8, 4) is 0 Å². The van der Waals surface area contributed by atoms with Gasteiger partial charge in [0, 0.05) is 23.4 Å². The Morgan fingerprint density at radius 2 is 1.68 bits per heavy atom. The normalized spacial score (nSPS) is 12.0. The maximum absolute atomic E-state index is 12.9. The number of aryl methyl sites for hydroxylation is 1. The van der Waals surface area contributed by atoms with E-state index in [4.69, 9.17) is 9.15 Å². The van der Waals surface area contributed by atoms with E-state index in [1.54, 1.807) is 42.5 Å². The maximum Gasteiger partial charge on any atom is 0.332 e. The van der Waals surface area contributed by atoms with Gasteiger partial charge < -0.3 is 14.5 Å². The quantitative estimate of drug-likeness (QED) is 0.353. The molecule has 1 atom stereocenters. The van der Waals surface area contributed by atoms with E-state index in [0.717, 1.165) is 5.56 Å². The molecule has 0 aliphatic rings. The van der Waals surface area contributed by atoms with Crippen LogP contribution < -0.4 is 5.32 Å². The lowest BCUT2D eigenvalue weighted by molar-refractivity contribution is -0.149. The number of esters is 1. The van der Waals surface area contributed by atoms with E-state index in [1.807, 2.05) is 43.3 Å². The molecule has 6 nitrogen and oxygen atoms in total. The number of nitrogens with one attached hydrogen (secondary N) is 1. The van der Waals surface area contributed by atoms with Crippen molar-refractivity contribution in [1.29, 1.82) is 0 Å². The fourth-order valence-electron chi connectivity index (χ4n) is 3.00. The van der Waals surface area contributed by atoms with Gasteiger partial charge in [0.15, 0.2) is 5.58 Å². The summed E-state index contributed by atoms with van der Waals surface area (Å²) in [6.07, 6.45) is 1.51. The fraction of sp³-hybridized carbons (Fsp3) is 0.0800. The minimum Gasteiger partial charge on any atom is -0.444 e. The van der Waals surface area contributed by atoms with Crippen LogP contribution in [0.1, 0.15) is 23.1 Å². The van der Waals surface area contributed by atoms with Gasteiger partial charge in [0.2, 0.25) is 12.0 Å². The molecule has 3 aromatic carbocycles. The Bertz CT molecular complexity index is 1190. The van der Waals surface area contributed by atoms with Gasteiger partial charge in [-0.05, 0) is 31.2 Å². The third kappa shape index (κ3) is 5.05. The predicted molar refractivity (Wildman–Crippen MR) is 118 cm³/mol. The molecule has 154 valence electrons. The molecule has 1 amide bonds. The zero-order chi connectivity index (χ0) is 21.6. The lowest BCUT2D eigenvalue weighted by Crippen LogP contribution is -2.25. The monoisotopic (exact) mass is 412 g/mol. The summed E-state index contributed by atoms with van der Waals surface area (Å²) < 4.78 is 11.0. The van der Waals surface area contributed by atoms with Crippen molar-refractivity contribution >= 4 is 34.7 Å². The number of carbonyl (C=O) groups is 2. The van der Waals surface area contributed by atoms with Gasteiger partial charge in [-0.3, -0.25) is 4.79 Å². The SMILES string of the molecule is Cc1ccc(NC(=O)C(OC(=O)/C=C/c2nc3ccccc3o2)c2ccccc2)cc1. The fourth-order valence-corrected chi connectivity index (χ4v) is 3.00. The van der Waals surface area contributed by atoms with Crippen LogP contribution in [-0.4, -0.2) is 16.9 Å². The van der Waals surface area contributed by atoms with E-state index < -0.39 is 18.0 Å². The summed E-state index contributed by atoms with van der Waals surface area (Å²) >= 11 is 0. The van der Waals surface area contributed by atoms with Gasteiger partial charge >= 0.3 is 5.97 Å². The van der Waals surface area contributed by atoms with Crippen molar-refractivity contribution in [2.75, 3.05) is 5.32 Å². The van der Waals surface area contributed by atoms with Crippen LogP contribution in [0.2, 0.25) is 0 Å². The molecule has 0 aliphatic heterocycles. The summed E-state index contributed by atoms with van der Waals surface area (Å²) in [5, 5.41) is 2.79. The molecule has 0 aliphatic carbocycles. The lowest BCUT2D eigenvalue weighted by Gasteiger charge is -2.17. The first kappa shape index (κ1) is 20.1. The van der Waals surface area contributed by atoms with Gasteiger partial charge in [-0.1, -0.05) is 60.2 Å². The standard InChI is InChI=1S/C25H20N2O4/c1-17-11-13-19(14-12-17)26-25(29)24(18-7-3-2-4-8-18)31-23(28)16-15-22-27-20-9-5-6-10-21(20)30-22/h2-16,24H,1H3,(H,26,29)/b16-15+. The van der Waals surface area contributed by atoms with Crippen LogP contribution in [0.4, 0.5) is 5.69 Å². The zero-order valence-corrected chi connectivity index (χ0v) is 16.8. The minimum absolute atomic E-state index is 0.276. The van der Waals surface area contributed by atoms with Gasteiger partial charge in [0.1, 0.15) is 5.52 Å². The number of anilines is 1. The average Bonchev–Trinajstić information content (AvgIpc) is 3.21. The number of para-hydroxylation sites is 2. The smallest absolute Gasteiger partial charge is 0.332 e. The van der Waals surface area contributed by atoms with Gasteiger partial charge in [-0.15, -0.1) is 0 Å². The molecule has 1 unspecified atom stereocenters. The largest absolute Gasteiger partial charge is 0.444 e. The Morgan fingerprint density at radius 1 is 0.968 bits per heavy atom. The molecule has 1 aromatic heterocycles. The molecule has 0 saturated heterocycles. The molecule has 0 fully saturated rings. The van der Waals surface area contributed by atoms with Crippen LogP contribution in [0.25, 0.3) is 17.2 Å². The summed E-state index contributed by atoms with van der Waals surface area (Å²) in [4.78, 5) is 29.6. The van der Waals surface area contributed by atoms with Crippen molar-refractivity contribution < 1.29 is 18.7 Å². The number of ether oxygens (including phenoxy) is 1. The number of nitrogens with zero attached hydrogens (tertiary/aromatic N) is 1. The van der Waals surface area contributed by atoms with Crippen LogP contribution in [0, 0.1) is 6.92 Å². The van der Waals surface area contributed by atoms with E-state index in [1.165, 1.54) is 12.2 Å². The summed E-state index contributed by atoms with van der Waals surface area (Å²) in [5.74, 6) is -0.854. The molecule has 0 saturated carbocycles. The van der Waals surface area contributed by atoms with Gasteiger partial charge in [0.05, 0.1) is 0 Å². The predicted octanol–water partition coefficient (Wildman–Crippen LogP) is 5.07. The number of amides is 1. The lowest BCUT2D eigenvalue weighted by atomic mass is 10.1. The molecule has 6 heteroatoms. The Balaban J connectivity index is 1.50. The average molecular weight is 412 g/mol. The van der Waals surface area contributed by atoms with E-state index >= 15 is 0 Å². The zero-order valence-electron chi connectivity index (χ0n) is 16.8. The van der Waals surface area contributed by atoms with Crippen molar-refractivity contribution in [3.05, 3.63) is 102 Å². The first-order valence-corrected chi connectivity index (χ1v) is 9.75. The summed E-state index contributed by atoms with van der Waals surface area (Å²) in [6.45, 7) is 1.96. The Morgan fingerprint density at radius 3 is 2.42 bits per heavy atom. The summed E-state index contributed by atoms with van der Waals surface area (Å²) in [7, 11) is 0. The Labute approximate surface area is 179 Å². The highest BCUT2D eigenvalue weighted by atomic mass is 16.5. The second-order valence-electron chi connectivity index (χ2n) is 6.94. The maximum atomic E-state index is 12.9. The first-order valence-electron chi connectivity index (χ1n) is 9.75. The number of rotatable bonds is 6.